The zero-order valence-electron chi connectivity index (χ0n) is 14.3. The maximum Gasteiger partial charge on any atom is 0.353 e. The number of aliphatic hydroxyl groups is 3. The molecule has 2 aromatic rings. The van der Waals surface area contributed by atoms with E-state index >= 15 is 0 Å². The summed E-state index contributed by atoms with van der Waals surface area (Å²) in [7, 11) is 0. The van der Waals surface area contributed by atoms with Crippen LogP contribution in [0.25, 0.3) is 11.1 Å². The van der Waals surface area contributed by atoms with E-state index in [2.05, 4.69) is 10.3 Å². The van der Waals surface area contributed by atoms with Crippen LogP contribution in [0.3, 0.4) is 0 Å². The Bertz CT molecular complexity index is 865. The van der Waals surface area contributed by atoms with Crippen molar-refractivity contribution in [3.8, 4) is 11.1 Å². The van der Waals surface area contributed by atoms with Crippen LogP contribution < -0.4 is 11.1 Å². The molecular weight excluding hydrogens is 378 g/mol. The molecule has 27 heavy (non-hydrogen) atoms. The quantitative estimate of drug-likeness (QED) is 0.331. The molecule has 0 aliphatic rings. The molecule has 0 aliphatic heterocycles. The molecule has 9 nitrogen and oxygen atoms in total. The molecule has 146 valence electrons. The summed E-state index contributed by atoms with van der Waals surface area (Å²) in [5, 5.41) is 40.7. The predicted octanol–water partition coefficient (Wildman–Crippen LogP) is 0.0851. The first-order valence-corrected chi connectivity index (χ1v) is 8.34. The highest BCUT2D eigenvalue weighted by Crippen LogP contribution is 2.38. The SMILES string of the molecule is NCC(=O)NCc1[nH]c(C(=O)O)c(Cl)c1-c1ccc(CO)c(CO)c1CO. The normalized spacial score (nSPS) is 10.9. The molecule has 1 aromatic carbocycles. The molecule has 0 radical (unpaired) electrons. The largest absolute Gasteiger partial charge is 0.477 e. The molecule has 0 atom stereocenters. The molecule has 1 aromatic heterocycles. The smallest absolute Gasteiger partial charge is 0.353 e. The number of aromatic amines is 1. The van der Waals surface area contributed by atoms with Crippen LogP contribution in [0.5, 0.6) is 0 Å². The lowest BCUT2D eigenvalue weighted by Gasteiger charge is -2.16. The van der Waals surface area contributed by atoms with Crippen LogP contribution in [-0.2, 0) is 31.2 Å². The number of aliphatic hydroxyl groups excluding tert-OH is 3. The molecule has 0 saturated heterocycles. The number of carboxylic acids is 1. The van der Waals surface area contributed by atoms with Gasteiger partial charge in [0.2, 0.25) is 5.91 Å². The Morgan fingerprint density at radius 3 is 2.30 bits per heavy atom. The van der Waals surface area contributed by atoms with E-state index in [9.17, 15) is 30.0 Å². The summed E-state index contributed by atoms with van der Waals surface area (Å²) >= 11 is 6.26. The number of aromatic nitrogens is 1. The number of H-pyrrole nitrogens is 1. The van der Waals surface area contributed by atoms with Crippen molar-refractivity contribution in [2.75, 3.05) is 6.54 Å². The van der Waals surface area contributed by atoms with Crippen molar-refractivity contribution in [2.45, 2.75) is 26.4 Å². The molecule has 0 aliphatic carbocycles. The van der Waals surface area contributed by atoms with Crippen molar-refractivity contribution in [3.63, 3.8) is 0 Å². The molecular formula is C17H20ClN3O6. The molecule has 10 heteroatoms. The predicted molar refractivity (Wildman–Crippen MR) is 96.9 cm³/mol. The van der Waals surface area contributed by atoms with E-state index in [0.29, 0.717) is 27.9 Å². The van der Waals surface area contributed by atoms with E-state index in [4.69, 9.17) is 17.3 Å². The van der Waals surface area contributed by atoms with Crippen molar-refractivity contribution in [1.82, 2.24) is 10.3 Å². The highest BCUT2D eigenvalue weighted by Gasteiger charge is 2.25. The number of aromatic carboxylic acids is 1. The molecule has 0 bridgehead atoms. The third-order valence-corrected chi connectivity index (χ3v) is 4.54. The van der Waals surface area contributed by atoms with Crippen molar-refractivity contribution in [1.29, 1.82) is 0 Å². The number of benzene rings is 1. The van der Waals surface area contributed by atoms with E-state index in [1.807, 2.05) is 0 Å². The lowest BCUT2D eigenvalue weighted by molar-refractivity contribution is -0.119. The third-order valence-electron chi connectivity index (χ3n) is 4.16. The molecule has 2 rings (SSSR count). The number of carboxylic acid groups (broad SMARTS) is 1. The average molecular weight is 398 g/mol. The Labute approximate surface area is 159 Å². The second-order valence-electron chi connectivity index (χ2n) is 5.66. The summed E-state index contributed by atoms with van der Waals surface area (Å²) < 4.78 is 0. The van der Waals surface area contributed by atoms with Crippen LogP contribution in [0.15, 0.2) is 12.1 Å². The highest BCUT2D eigenvalue weighted by molar-refractivity contribution is 6.36. The van der Waals surface area contributed by atoms with Gasteiger partial charge in [-0.15, -0.1) is 0 Å². The fraction of sp³-hybridized carbons (Fsp3) is 0.294. The maximum absolute atomic E-state index is 11.5. The van der Waals surface area contributed by atoms with E-state index in [1.54, 1.807) is 12.1 Å². The molecule has 0 fully saturated rings. The van der Waals surface area contributed by atoms with E-state index in [0.717, 1.165) is 0 Å². The van der Waals surface area contributed by atoms with Gasteiger partial charge in [-0.2, -0.15) is 0 Å². The Morgan fingerprint density at radius 2 is 1.78 bits per heavy atom. The minimum atomic E-state index is -1.29. The minimum Gasteiger partial charge on any atom is -0.477 e. The second-order valence-corrected chi connectivity index (χ2v) is 6.04. The summed E-state index contributed by atoms with van der Waals surface area (Å²) in [6.07, 6.45) is 0. The van der Waals surface area contributed by atoms with Crippen LogP contribution in [0.4, 0.5) is 0 Å². The lowest BCUT2D eigenvalue weighted by Crippen LogP contribution is -2.30. The van der Waals surface area contributed by atoms with Gasteiger partial charge in [-0.1, -0.05) is 23.7 Å². The number of hydrogen-bond donors (Lipinski definition) is 7. The Hall–Kier alpha value is -2.43. The number of amides is 1. The summed E-state index contributed by atoms with van der Waals surface area (Å²) in [5.74, 6) is -1.74. The van der Waals surface area contributed by atoms with Crippen LogP contribution in [-0.4, -0.2) is 43.8 Å². The Kier molecular flexibility index (Phi) is 6.94. The summed E-state index contributed by atoms with van der Waals surface area (Å²) in [6.45, 7) is -1.56. The number of rotatable bonds is 8. The first-order chi connectivity index (χ1) is 12.9. The highest BCUT2D eigenvalue weighted by atomic mass is 35.5. The number of nitrogens with two attached hydrogens (primary N) is 1. The van der Waals surface area contributed by atoms with Gasteiger partial charge in [0.15, 0.2) is 0 Å². The zero-order chi connectivity index (χ0) is 20.1. The van der Waals surface area contributed by atoms with Crippen molar-refractivity contribution in [2.24, 2.45) is 5.73 Å². The number of carbonyl (C=O) groups is 2. The van der Waals surface area contributed by atoms with Crippen LogP contribution in [0.1, 0.15) is 32.9 Å². The fourth-order valence-electron chi connectivity index (χ4n) is 2.85. The molecule has 0 saturated carbocycles. The third kappa shape index (κ3) is 4.12. The van der Waals surface area contributed by atoms with Gasteiger partial charge in [-0.3, -0.25) is 4.79 Å². The van der Waals surface area contributed by atoms with Gasteiger partial charge in [0.1, 0.15) is 5.69 Å². The van der Waals surface area contributed by atoms with Gasteiger partial charge in [0.25, 0.3) is 0 Å². The average Bonchev–Trinajstić information content (AvgIpc) is 3.00. The number of hydrogen-bond acceptors (Lipinski definition) is 6. The summed E-state index contributed by atoms with van der Waals surface area (Å²) in [5.41, 5.74) is 6.98. The van der Waals surface area contributed by atoms with Crippen molar-refractivity contribution < 1.29 is 30.0 Å². The van der Waals surface area contributed by atoms with Crippen LogP contribution in [0.2, 0.25) is 5.02 Å². The lowest BCUT2D eigenvalue weighted by atomic mass is 9.92. The Morgan fingerprint density at radius 1 is 1.11 bits per heavy atom. The van der Waals surface area contributed by atoms with E-state index in [-0.39, 0.29) is 36.0 Å². The van der Waals surface area contributed by atoms with E-state index in [1.165, 1.54) is 0 Å². The topological polar surface area (TPSA) is 169 Å². The monoisotopic (exact) mass is 397 g/mol. The standard InChI is InChI=1S/C17H20ClN3O6/c18-15-14(9-2-1-8(5-22)10(6-23)11(9)7-24)12(4-20-13(25)3-19)21-16(15)17(26)27/h1-2,21-24H,3-7,19H2,(H,20,25)(H,26,27). The molecule has 8 N–H and O–H groups in total. The van der Waals surface area contributed by atoms with Gasteiger partial charge in [0, 0.05) is 11.3 Å². The zero-order valence-corrected chi connectivity index (χ0v) is 15.0. The molecule has 0 spiro atoms. The fourth-order valence-corrected chi connectivity index (χ4v) is 3.19. The van der Waals surface area contributed by atoms with Gasteiger partial charge >= 0.3 is 5.97 Å². The number of carbonyl (C=O) groups excluding carboxylic acids is 1. The van der Waals surface area contributed by atoms with Gasteiger partial charge in [-0.25, -0.2) is 4.79 Å². The van der Waals surface area contributed by atoms with Gasteiger partial charge in [-0.05, 0) is 22.3 Å². The molecule has 1 heterocycles. The second kappa shape index (κ2) is 8.98. The molecule has 0 unspecified atom stereocenters. The first-order valence-electron chi connectivity index (χ1n) is 7.96. The Balaban J connectivity index is 2.69. The van der Waals surface area contributed by atoms with Gasteiger partial charge < -0.3 is 36.5 Å². The minimum absolute atomic E-state index is 0.0700. The van der Waals surface area contributed by atoms with Crippen LogP contribution >= 0.6 is 11.6 Å². The van der Waals surface area contributed by atoms with Crippen molar-refractivity contribution in [3.05, 3.63) is 45.2 Å². The van der Waals surface area contributed by atoms with Crippen molar-refractivity contribution >= 4 is 23.5 Å². The van der Waals surface area contributed by atoms with Crippen LogP contribution in [0, 0.1) is 0 Å². The van der Waals surface area contributed by atoms with E-state index < -0.39 is 25.1 Å². The molecule has 1 amide bonds. The number of nitrogens with one attached hydrogen (secondary N) is 2. The van der Waals surface area contributed by atoms with Gasteiger partial charge in [0.05, 0.1) is 37.9 Å². The summed E-state index contributed by atoms with van der Waals surface area (Å²) in [4.78, 5) is 25.6. The first kappa shape index (κ1) is 20.9. The maximum atomic E-state index is 11.5. The summed E-state index contributed by atoms with van der Waals surface area (Å²) in [6, 6.07) is 3.11. The number of halogens is 1.